The lowest BCUT2D eigenvalue weighted by molar-refractivity contribution is -0.310. The van der Waals surface area contributed by atoms with E-state index in [-0.39, 0.29) is 36.9 Å². The molecule has 58 heavy (non-hydrogen) atoms. The number of likely N-dealkylation sites (N-methyl/N-ethyl adjacent to an activating group) is 1. The second-order valence-electron chi connectivity index (χ2n) is 18.0. The quantitative estimate of drug-likeness (QED) is 0.246. The van der Waals surface area contributed by atoms with E-state index in [1.807, 2.05) is 39.8 Å². The molecule has 0 radical (unpaired) electrons. The minimum Gasteiger partial charge on any atom is -0.458 e. The molecule has 17 nitrogen and oxygen atoms in total. The Kier molecular flexibility index (Phi) is 15.3. The van der Waals surface area contributed by atoms with Gasteiger partial charge in [-0.05, 0) is 74.9 Å². The first kappa shape index (κ1) is 47.6. The van der Waals surface area contributed by atoms with Crippen molar-refractivity contribution in [2.45, 2.75) is 186 Å². The van der Waals surface area contributed by atoms with Crippen LogP contribution in [0, 0.1) is 23.7 Å². The Morgan fingerprint density at radius 3 is 2.14 bits per heavy atom. The lowest BCUT2D eigenvalue weighted by Gasteiger charge is -2.49. The van der Waals surface area contributed by atoms with Crippen molar-refractivity contribution < 1.29 is 66.6 Å². The smallest absolute Gasteiger partial charge is 0.408 e. The maximum Gasteiger partial charge on any atom is 0.408 e. The molecule has 0 aromatic heterocycles. The van der Waals surface area contributed by atoms with Crippen LogP contribution in [0.3, 0.4) is 0 Å². The summed E-state index contributed by atoms with van der Waals surface area (Å²) < 4.78 is 56.4. The number of hydrogen-bond acceptors (Lipinski definition) is 15. The standard InChI is InChI=1S/C41H69N3O14/c1-15-28-41(11)33(43-38(49)58-41)23(5)30(46)20(2)17-40(10,57-37(42)48)34(56-36-32(53-26(8)45)27(44(12)13)16-21(3)52-36)24(6)31(25(7)35(47)54-28)55-29-19-39(9,50-14)18-22(4)51-29/h20-25,27-29,31-34,36H,15-19H2,1-14H3,(H2,42,48)(H,43,49)/t20-,21-,22+,23+,24+,25-,27+,28-,29+,31+,32-,33-,34-,36+,39+,40-,41-/m1/s1. The zero-order valence-electron chi connectivity index (χ0n) is 36.9. The Morgan fingerprint density at radius 2 is 1.57 bits per heavy atom. The summed E-state index contributed by atoms with van der Waals surface area (Å²) >= 11 is 0. The van der Waals surface area contributed by atoms with Crippen LogP contribution in [-0.4, -0.2) is 134 Å². The van der Waals surface area contributed by atoms with Gasteiger partial charge in [-0.25, -0.2) is 9.59 Å². The van der Waals surface area contributed by atoms with Crippen LogP contribution in [0.2, 0.25) is 0 Å². The van der Waals surface area contributed by atoms with Crippen molar-refractivity contribution >= 4 is 29.9 Å². The van der Waals surface area contributed by atoms with Gasteiger partial charge < -0.3 is 58.6 Å². The highest BCUT2D eigenvalue weighted by Crippen LogP contribution is 2.43. The summed E-state index contributed by atoms with van der Waals surface area (Å²) in [5.74, 6) is -5.12. The number of nitrogens with zero attached hydrogens (tertiary/aromatic N) is 1. The van der Waals surface area contributed by atoms with Crippen LogP contribution in [-0.2, 0) is 57.0 Å². The monoisotopic (exact) mass is 827 g/mol. The Morgan fingerprint density at radius 1 is 0.914 bits per heavy atom. The van der Waals surface area contributed by atoms with Gasteiger partial charge in [0.1, 0.15) is 23.6 Å². The van der Waals surface area contributed by atoms with Crippen molar-refractivity contribution in [2.24, 2.45) is 29.4 Å². The highest BCUT2D eigenvalue weighted by molar-refractivity contribution is 5.85. The summed E-state index contributed by atoms with van der Waals surface area (Å²) in [6.45, 7) is 18.9. The molecular weight excluding hydrogens is 758 g/mol. The summed E-state index contributed by atoms with van der Waals surface area (Å²) in [7, 11) is 5.34. The number of ether oxygens (including phenoxy) is 9. The molecule has 332 valence electrons. The lowest BCUT2D eigenvalue weighted by atomic mass is 9.73. The zero-order valence-corrected chi connectivity index (χ0v) is 36.9. The van der Waals surface area contributed by atoms with Gasteiger partial charge in [-0.15, -0.1) is 0 Å². The fraction of sp³-hybridized carbons (Fsp3) is 0.878. The molecule has 4 fully saturated rings. The molecule has 0 saturated carbocycles. The predicted molar refractivity (Wildman–Crippen MR) is 208 cm³/mol. The molecule has 0 aromatic carbocycles. The van der Waals surface area contributed by atoms with E-state index < -0.39 is 108 Å². The number of alkyl carbamates (subject to hydrolysis) is 1. The fourth-order valence-corrected chi connectivity index (χ4v) is 9.82. The predicted octanol–water partition coefficient (Wildman–Crippen LogP) is 4.24. The Balaban J connectivity index is 1.95. The number of fused-ring (bicyclic) bond motifs is 1. The van der Waals surface area contributed by atoms with Gasteiger partial charge in [0.25, 0.3) is 0 Å². The Labute approximate surface area is 343 Å². The summed E-state index contributed by atoms with van der Waals surface area (Å²) in [6, 6.07) is -1.23. The summed E-state index contributed by atoms with van der Waals surface area (Å²) in [5.41, 5.74) is 2.06. The molecule has 4 aliphatic heterocycles. The number of esters is 2. The van der Waals surface area contributed by atoms with Crippen LogP contribution in [0.15, 0.2) is 0 Å². The number of amides is 2. The maximum atomic E-state index is 14.5. The van der Waals surface area contributed by atoms with E-state index in [1.54, 1.807) is 55.6 Å². The molecule has 2 amide bonds. The summed E-state index contributed by atoms with van der Waals surface area (Å²) in [6.07, 6.45) is -7.30. The molecule has 17 heteroatoms. The average molecular weight is 828 g/mol. The van der Waals surface area contributed by atoms with Crippen LogP contribution < -0.4 is 11.1 Å². The minimum absolute atomic E-state index is 0.120. The molecule has 0 unspecified atom stereocenters. The van der Waals surface area contributed by atoms with Crippen LogP contribution in [0.25, 0.3) is 0 Å². The Bertz CT molecular complexity index is 1500. The van der Waals surface area contributed by atoms with Crippen molar-refractivity contribution in [3.63, 3.8) is 0 Å². The maximum absolute atomic E-state index is 14.5. The molecule has 4 saturated heterocycles. The third-order valence-electron chi connectivity index (χ3n) is 12.8. The van der Waals surface area contributed by atoms with Gasteiger partial charge in [-0.1, -0.05) is 27.7 Å². The normalized spacial score (nSPS) is 44.3. The molecule has 0 aliphatic carbocycles. The fourth-order valence-electron chi connectivity index (χ4n) is 9.82. The first-order valence-corrected chi connectivity index (χ1v) is 20.6. The first-order chi connectivity index (χ1) is 26.9. The van der Waals surface area contributed by atoms with Crippen molar-refractivity contribution in [1.29, 1.82) is 0 Å². The van der Waals surface area contributed by atoms with Crippen molar-refractivity contribution in [2.75, 3.05) is 21.2 Å². The second kappa shape index (κ2) is 18.7. The highest BCUT2D eigenvalue weighted by Gasteiger charge is 2.58. The van der Waals surface area contributed by atoms with Gasteiger partial charge >= 0.3 is 24.1 Å². The van der Waals surface area contributed by atoms with E-state index in [0.717, 1.165) is 0 Å². The van der Waals surface area contributed by atoms with Gasteiger partial charge in [0.15, 0.2) is 24.3 Å². The number of ketones is 1. The SMILES string of the molecule is CC[C@H]1OC(=O)[C@H](C)[C@@H](O[C@H]2C[C@@](C)(OC)C[C@H](C)O2)[C@H](C)[C@@H](O[C@@H]2O[C@H](C)C[C@H](N(C)C)[C@H]2OC(C)=O)[C@](C)(OC(N)=O)C[C@@H](C)C(=O)[C@H](C)[C@H]2NC(=O)O[C@@]21C. The minimum atomic E-state index is -1.71. The highest BCUT2D eigenvalue weighted by atomic mass is 16.7. The summed E-state index contributed by atoms with van der Waals surface area (Å²) in [5, 5.41) is 2.79. The van der Waals surface area contributed by atoms with Crippen molar-refractivity contribution in [3.05, 3.63) is 0 Å². The van der Waals surface area contributed by atoms with E-state index >= 15 is 0 Å². The second-order valence-corrected chi connectivity index (χ2v) is 18.0. The van der Waals surface area contributed by atoms with Crippen LogP contribution in [0.1, 0.15) is 108 Å². The number of nitrogens with one attached hydrogen (secondary N) is 1. The lowest BCUT2D eigenvalue weighted by Crippen LogP contribution is -2.62. The molecule has 0 bridgehead atoms. The van der Waals surface area contributed by atoms with Gasteiger partial charge in [-0.2, -0.15) is 0 Å². The largest absolute Gasteiger partial charge is 0.458 e. The van der Waals surface area contributed by atoms with Gasteiger partial charge in [0.05, 0.1) is 41.9 Å². The van der Waals surface area contributed by atoms with Crippen LogP contribution in [0.4, 0.5) is 9.59 Å². The van der Waals surface area contributed by atoms with E-state index in [1.165, 1.54) is 6.92 Å². The number of methoxy groups -OCH3 is 1. The van der Waals surface area contributed by atoms with Crippen molar-refractivity contribution in [3.8, 4) is 0 Å². The zero-order chi connectivity index (χ0) is 43.7. The van der Waals surface area contributed by atoms with Crippen LogP contribution >= 0.6 is 0 Å². The number of cyclic esters (lactones) is 1. The van der Waals surface area contributed by atoms with Crippen LogP contribution in [0.5, 0.6) is 0 Å². The number of carbonyl (C=O) groups is 5. The molecule has 4 aliphatic rings. The number of rotatable bonds is 9. The third kappa shape index (κ3) is 10.4. The van der Waals surface area contributed by atoms with Crippen molar-refractivity contribution in [1.82, 2.24) is 10.2 Å². The number of nitrogens with two attached hydrogens (primary N) is 1. The molecule has 4 rings (SSSR count). The molecular formula is C41H69N3O14. The van der Waals surface area contributed by atoms with E-state index in [4.69, 9.17) is 48.4 Å². The molecule has 0 aromatic rings. The van der Waals surface area contributed by atoms with Gasteiger partial charge in [0.2, 0.25) is 0 Å². The molecule has 17 atom stereocenters. The average Bonchev–Trinajstić information content (AvgIpc) is 3.43. The number of hydrogen-bond donors (Lipinski definition) is 2. The molecule has 4 heterocycles. The molecule has 0 spiro atoms. The van der Waals surface area contributed by atoms with E-state index in [9.17, 15) is 24.0 Å². The molecule has 3 N–H and O–H groups in total. The first-order valence-electron chi connectivity index (χ1n) is 20.6. The third-order valence-corrected chi connectivity index (χ3v) is 12.8. The number of Topliss-reactive ketones (excluding diaryl/α,β-unsaturated/α-hetero) is 1. The van der Waals surface area contributed by atoms with Gasteiger partial charge in [-0.3, -0.25) is 14.4 Å². The Hall–Kier alpha value is -3.09. The number of carbonyl (C=O) groups excluding carboxylic acids is 5. The summed E-state index contributed by atoms with van der Waals surface area (Å²) in [4.78, 5) is 69.4. The van der Waals surface area contributed by atoms with E-state index in [0.29, 0.717) is 19.3 Å². The van der Waals surface area contributed by atoms with E-state index in [2.05, 4.69) is 5.32 Å². The topological polar surface area (TPSA) is 210 Å². The number of primary amides is 1. The van der Waals surface area contributed by atoms with Gasteiger partial charge in [0, 0.05) is 44.6 Å².